The number of piperidine rings is 1. The molecule has 1 unspecified atom stereocenters. The third-order valence-corrected chi connectivity index (χ3v) is 5.45. The van der Waals surface area contributed by atoms with Crippen molar-refractivity contribution in [3.8, 4) is 5.82 Å². The molecule has 8 heteroatoms. The van der Waals surface area contributed by atoms with Gasteiger partial charge in [-0.15, -0.1) is 15.3 Å². The Morgan fingerprint density at radius 3 is 2.81 bits per heavy atom. The lowest BCUT2D eigenvalue weighted by atomic mass is 9.96. The maximum atomic E-state index is 5.77. The predicted molar refractivity (Wildman–Crippen MR) is 95.3 cm³/mol. The van der Waals surface area contributed by atoms with Gasteiger partial charge in [0, 0.05) is 31.5 Å². The lowest BCUT2D eigenvalue weighted by Gasteiger charge is -2.32. The molecule has 2 aliphatic rings. The van der Waals surface area contributed by atoms with Crippen molar-refractivity contribution in [1.82, 2.24) is 34.5 Å². The summed E-state index contributed by atoms with van der Waals surface area (Å²) in [5.74, 6) is 2.14. The Balaban J connectivity index is 1.32. The summed E-state index contributed by atoms with van der Waals surface area (Å²) < 4.78 is 9.42. The summed E-state index contributed by atoms with van der Waals surface area (Å²) >= 11 is 0. The van der Waals surface area contributed by atoms with Crippen molar-refractivity contribution in [3.63, 3.8) is 0 Å². The van der Waals surface area contributed by atoms with Crippen LogP contribution in [0.5, 0.6) is 0 Å². The van der Waals surface area contributed by atoms with Crippen LogP contribution in [0.4, 0.5) is 0 Å². The van der Waals surface area contributed by atoms with Crippen molar-refractivity contribution in [1.29, 1.82) is 0 Å². The van der Waals surface area contributed by atoms with E-state index in [-0.39, 0.29) is 0 Å². The third-order valence-electron chi connectivity index (χ3n) is 5.45. The summed E-state index contributed by atoms with van der Waals surface area (Å²) in [6, 6.07) is 5.76. The van der Waals surface area contributed by atoms with E-state index < -0.39 is 0 Å². The molecule has 136 valence electrons. The summed E-state index contributed by atoms with van der Waals surface area (Å²) in [6.45, 7) is 4.16. The molecule has 0 spiro atoms. The maximum Gasteiger partial charge on any atom is 0.178 e. The van der Waals surface area contributed by atoms with Gasteiger partial charge in [0.25, 0.3) is 0 Å². The molecule has 0 aliphatic carbocycles. The van der Waals surface area contributed by atoms with Gasteiger partial charge in [-0.25, -0.2) is 4.68 Å². The molecular formula is C18H23N7O. The van der Waals surface area contributed by atoms with Crippen LogP contribution in [-0.4, -0.2) is 66.8 Å². The molecule has 3 aromatic heterocycles. The molecule has 2 aliphatic heterocycles. The van der Waals surface area contributed by atoms with Gasteiger partial charge in [-0.1, -0.05) is 0 Å². The van der Waals surface area contributed by atoms with E-state index >= 15 is 0 Å². The lowest BCUT2D eigenvalue weighted by Crippen LogP contribution is -2.38. The van der Waals surface area contributed by atoms with E-state index in [1.54, 1.807) is 10.9 Å². The lowest BCUT2D eigenvalue weighted by molar-refractivity contribution is 0.0639. The van der Waals surface area contributed by atoms with Crippen LogP contribution in [0.25, 0.3) is 11.5 Å². The van der Waals surface area contributed by atoms with Crippen LogP contribution >= 0.6 is 0 Å². The highest BCUT2D eigenvalue weighted by atomic mass is 16.5. The van der Waals surface area contributed by atoms with Gasteiger partial charge < -0.3 is 9.64 Å². The molecular weight excluding hydrogens is 330 g/mol. The Morgan fingerprint density at radius 1 is 1.12 bits per heavy atom. The fourth-order valence-corrected chi connectivity index (χ4v) is 4.03. The van der Waals surface area contributed by atoms with Gasteiger partial charge in [0.05, 0.1) is 6.10 Å². The predicted octanol–water partition coefficient (Wildman–Crippen LogP) is 1.67. The molecule has 5 rings (SSSR count). The average Bonchev–Trinajstić information content (AvgIpc) is 3.43. The van der Waals surface area contributed by atoms with Crippen LogP contribution in [0.2, 0.25) is 0 Å². The SMILES string of the molecule is c1cnn(-c2ccc3nnc(C4CCN(CC5CCCO5)CC4)n3n2)c1. The third kappa shape index (κ3) is 2.99. The molecule has 26 heavy (non-hydrogen) atoms. The van der Waals surface area contributed by atoms with E-state index in [2.05, 4.69) is 20.2 Å². The first-order chi connectivity index (χ1) is 12.9. The summed E-state index contributed by atoms with van der Waals surface area (Å²) in [5.41, 5.74) is 0.790. The second-order valence-corrected chi connectivity index (χ2v) is 7.18. The number of hydrogen-bond acceptors (Lipinski definition) is 6. The van der Waals surface area contributed by atoms with Crippen molar-refractivity contribution >= 4 is 5.65 Å². The average molecular weight is 353 g/mol. The molecule has 0 bridgehead atoms. The molecule has 0 aromatic carbocycles. The molecule has 0 radical (unpaired) electrons. The zero-order valence-corrected chi connectivity index (χ0v) is 14.7. The second kappa shape index (κ2) is 6.77. The molecule has 3 aromatic rings. The van der Waals surface area contributed by atoms with Crippen LogP contribution < -0.4 is 0 Å². The highest BCUT2D eigenvalue weighted by molar-refractivity contribution is 5.39. The number of rotatable bonds is 4. The Hall–Kier alpha value is -2.32. The monoisotopic (exact) mass is 353 g/mol. The zero-order valence-electron chi connectivity index (χ0n) is 14.7. The topological polar surface area (TPSA) is 73.4 Å². The largest absolute Gasteiger partial charge is 0.377 e. The molecule has 5 heterocycles. The number of nitrogens with zero attached hydrogens (tertiary/aromatic N) is 7. The fourth-order valence-electron chi connectivity index (χ4n) is 4.03. The van der Waals surface area contributed by atoms with Crippen molar-refractivity contribution in [3.05, 3.63) is 36.4 Å². The molecule has 0 amide bonds. The van der Waals surface area contributed by atoms with Crippen LogP contribution in [0.3, 0.4) is 0 Å². The zero-order chi connectivity index (χ0) is 17.3. The van der Waals surface area contributed by atoms with Crippen LogP contribution in [0.1, 0.15) is 37.4 Å². The summed E-state index contributed by atoms with van der Waals surface area (Å²) in [7, 11) is 0. The Labute approximate surface area is 151 Å². The maximum absolute atomic E-state index is 5.77. The number of aromatic nitrogens is 6. The Kier molecular flexibility index (Phi) is 4.14. The van der Waals surface area contributed by atoms with Gasteiger partial charge >= 0.3 is 0 Å². The van der Waals surface area contributed by atoms with E-state index in [9.17, 15) is 0 Å². The van der Waals surface area contributed by atoms with Crippen LogP contribution in [0, 0.1) is 0 Å². The van der Waals surface area contributed by atoms with Gasteiger partial charge in [-0.2, -0.15) is 9.61 Å². The minimum Gasteiger partial charge on any atom is -0.377 e. The first-order valence-corrected chi connectivity index (χ1v) is 9.43. The van der Waals surface area contributed by atoms with Gasteiger partial charge in [0.15, 0.2) is 17.3 Å². The van der Waals surface area contributed by atoms with E-state index in [1.165, 1.54) is 12.8 Å². The highest BCUT2D eigenvalue weighted by Gasteiger charge is 2.27. The molecule has 0 N–H and O–H groups in total. The van der Waals surface area contributed by atoms with Crippen molar-refractivity contribution in [2.45, 2.75) is 37.7 Å². The summed E-state index contributed by atoms with van der Waals surface area (Å²) in [6.07, 6.45) is 8.65. The smallest absolute Gasteiger partial charge is 0.178 e. The molecule has 2 saturated heterocycles. The summed E-state index contributed by atoms with van der Waals surface area (Å²) in [4.78, 5) is 2.53. The van der Waals surface area contributed by atoms with Gasteiger partial charge in [0.1, 0.15) is 0 Å². The summed E-state index contributed by atoms with van der Waals surface area (Å²) in [5, 5.41) is 17.7. The van der Waals surface area contributed by atoms with E-state index in [4.69, 9.17) is 9.84 Å². The van der Waals surface area contributed by atoms with Crippen molar-refractivity contribution in [2.24, 2.45) is 0 Å². The minimum absolute atomic E-state index is 0.395. The van der Waals surface area contributed by atoms with E-state index in [0.717, 1.165) is 56.4 Å². The molecule has 1 atom stereocenters. The Morgan fingerprint density at radius 2 is 2.04 bits per heavy atom. The van der Waals surface area contributed by atoms with Crippen LogP contribution in [0.15, 0.2) is 30.6 Å². The van der Waals surface area contributed by atoms with E-state index in [1.807, 2.05) is 28.9 Å². The first-order valence-electron chi connectivity index (χ1n) is 9.43. The number of likely N-dealkylation sites (tertiary alicyclic amines) is 1. The van der Waals surface area contributed by atoms with Crippen LogP contribution in [-0.2, 0) is 4.74 Å². The Bertz CT molecular complexity index is 861. The van der Waals surface area contributed by atoms with Gasteiger partial charge in [-0.3, -0.25) is 0 Å². The standard InChI is InChI=1S/C18H23N7O/c1-3-15(26-12-1)13-23-10-6-14(7-11-23)18-21-20-16-4-5-17(22-25(16)18)24-9-2-8-19-24/h2,4-5,8-9,14-15H,1,3,6-7,10-13H2. The number of hydrogen-bond donors (Lipinski definition) is 0. The number of ether oxygens (including phenoxy) is 1. The number of fused-ring (bicyclic) bond motifs is 1. The normalized spacial score (nSPS) is 22.4. The second-order valence-electron chi connectivity index (χ2n) is 7.18. The van der Waals surface area contributed by atoms with Gasteiger partial charge in [-0.05, 0) is 57.0 Å². The quantitative estimate of drug-likeness (QED) is 0.710. The minimum atomic E-state index is 0.395. The fraction of sp³-hybridized carbons (Fsp3) is 0.556. The highest BCUT2D eigenvalue weighted by Crippen LogP contribution is 2.27. The molecule has 2 fully saturated rings. The van der Waals surface area contributed by atoms with Crippen molar-refractivity contribution < 1.29 is 4.74 Å². The van der Waals surface area contributed by atoms with E-state index in [0.29, 0.717) is 12.0 Å². The van der Waals surface area contributed by atoms with Gasteiger partial charge in [0.2, 0.25) is 0 Å². The molecule has 8 nitrogen and oxygen atoms in total. The van der Waals surface area contributed by atoms with Crippen molar-refractivity contribution in [2.75, 3.05) is 26.2 Å². The molecule has 0 saturated carbocycles. The first kappa shape index (κ1) is 15.9.